The fraction of sp³-hybridized carbons (Fsp3) is 0. The largest absolute Gasteiger partial charge is 0.456 e. The standard InChI is InChI=1S/C66H42N2O/c1-3-17-43(18-4-1)44-31-34-47(35-32-44)67(59-28-14-11-21-50(59)45-19-5-2-6-20-45)48-36-38-49(39-37-48)68-60-29-15-12-26-56(60)65-61(68)42-63-66(57-27-13-16-30-62(57)69-63)64(65)46-33-40-55-53-24-8-7-22-51(53)52-23-9-10-25-54(52)58(55)41-46/h1-42H. The number of rotatable bonds is 7. The predicted molar refractivity (Wildman–Crippen MR) is 292 cm³/mol. The molecule has 69 heavy (non-hydrogen) atoms. The molecule has 322 valence electrons. The molecule has 14 aromatic rings. The number of hydrogen-bond acceptors (Lipinski definition) is 2. The molecular weight excluding hydrogens is 837 g/mol. The van der Waals surface area contributed by atoms with Crippen molar-refractivity contribution in [2.75, 3.05) is 4.90 Å². The lowest BCUT2D eigenvalue weighted by atomic mass is 9.89. The van der Waals surface area contributed by atoms with Gasteiger partial charge in [-0.1, -0.05) is 188 Å². The molecule has 0 radical (unpaired) electrons. The summed E-state index contributed by atoms with van der Waals surface area (Å²) in [5.41, 5.74) is 15.3. The zero-order valence-electron chi connectivity index (χ0n) is 37.6. The lowest BCUT2D eigenvalue weighted by Gasteiger charge is -2.28. The van der Waals surface area contributed by atoms with Crippen molar-refractivity contribution in [2.45, 2.75) is 0 Å². The zero-order valence-corrected chi connectivity index (χ0v) is 37.6. The molecule has 3 nitrogen and oxygen atoms in total. The Morgan fingerprint density at radius 2 is 0.812 bits per heavy atom. The van der Waals surface area contributed by atoms with Gasteiger partial charge in [-0.25, -0.2) is 0 Å². The van der Waals surface area contributed by atoms with Gasteiger partial charge >= 0.3 is 0 Å². The van der Waals surface area contributed by atoms with E-state index in [2.05, 4.69) is 264 Å². The Bertz CT molecular complexity index is 4240. The average molecular weight is 879 g/mol. The van der Waals surface area contributed by atoms with Crippen LogP contribution < -0.4 is 4.90 Å². The third kappa shape index (κ3) is 6.21. The van der Waals surface area contributed by atoms with Crippen LogP contribution in [0.25, 0.3) is 115 Å². The first kappa shape index (κ1) is 39.0. The van der Waals surface area contributed by atoms with Crippen LogP contribution in [0.3, 0.4) is 0 Å². The second kappa shape index (κ2) is 15.7. The molecule has 0 saturated carbocycles. The molecule has 0 saturated heterocycles. The number of fused-ring (bicyclic) bond motifs is 12. The molecule has 3 heteroatoms. The topological polar surface area (TPSA) is 21.3 Å². The maximum Gasteiger partial charge on any atom is 0.138 e. The number of aromatic nitrogens is 1. The van der Waals surface area contributed by atoms with Crippen LogP contribution in [0.1, 0.15) is 0 Å². The van der Waals surface area contributed by atoms with Gasteiger partial charge in [0, 0.05) is 55.8 Å². The number of anilines is 3. The van der Waals surface area contributed by atoms with Gasteiger partial charge in [0.05, 0.1) is 16.7 Å². The summed E-state index contributed by atoms with van der Waals surface area (Å²) in [6.45, 7) is 0. The first-order valence-corrected chi connectivity index (χ1v) is 23.7. The smallest absolute Gasteiger partial charge is 0.138 e. The Kier molecular flexibility index (Phi) is 8.90. The van der Waals surface area contributed by atoms with Gasteiger partial charge < -0.3 is 13.9 Å². The van der Waals surface area contributed by atoms with Crippen LogP contribution in [0, 0.1) is 0 Å². The fourth-order valence-electron chi connectivity index (χ4n) is 11.1. The second-order valence-electron chi connectivity index (χ2n) is 18.0. The minimum Gasteiger partial charge on any atom is -0.456 e. The van der Waals surface area contributed by atoms with Crippen LogP contribution in [0.15, 0.2) is 259 Å². The summed E-state index contributed by atoms with van der Waals surface area (Å²) in [5, 5.41) is 12.2. The molecule has 0 atom stereocenters. The Morgan fingerprint density at radius 1 is 0.304 bits per heavy atom. The monoisotopic (exact) mass is 878 g/mol. The van der Waals surface area contributed by atoms with Crippen LogP contribution in [0.4, 0.5) is 17.1 Å². The van der Waals surface area contributed by atoms with Gasteiger partial charge in [0.25, 0.3) is 0 Å². The highest BCUT2D eigenvalue weighted by atomic mass is 16.3. The van der Waals surface area contributed by atoms with Crippen molar-refractivity contribution >= 4 is 93.1 Å². The summed E-state index contributed by atoms with van der Waals surface area (Å²) >= 11 is 0. The maximum absolute atomic E-state index is 6.84. The molecule has 0 aliphatic heterocycles. The number of furan rings is 1. The van der Waals surface area contributed by atoms with E-state index in [1.807, 2.05) is 0 Å². The van der Waals surface area contributed by atoms with Crippen molar-refractivity contribution < 1.29 is 4.42 Å². The van der Waals surface area contributed by atoms with Crippen LogP contribution in [0.2, 0.25) is 0 Å². The quantitative estimate of drug-likeness (QED) is 0.149. The first-order valence-electron chi connectivity index (χ1n) is 23.7. The van der Waals surface area contributed by atoms with Gasteiger partial charge in [0.1, 0.15) is 11.2 Å². The van der Waals surface area contributed by atoms with E-state index in [4.69, 9.17) is 4.42 Å². The molecule has 2 aromatic heterocycles. The zero-order chi connectivity index (χ0) is 45.4. The SMILES string of the molecule is c1ccc(-c2ccc(N(c3ccc(-n4c5ccccc5c5c(-c6ccc7c8ccccc8c8ccccc8c7c6)c6c(cc54)oc4ccccc46)cc3)c3ccccc3-c3ccccc3)cc2)cc1. The molecular formula is C66H42N2O. The summed E-state index contributed by atoms with van der Waals surface area (Å²) in [7, 11) is 0. The first-order chi connectivity index (χ1) is 34.2. The molecule has 0 N–H and O–H groups in total. The number of benzene rings is 12. The van der Waals surface area contributed by atoms with E-state index in [1.54, 1.807) is 0 Å². The lowest BCUT2D eigenvalue weighted by Crippen LogP contribution is -2.11. The van der Waals surface area contributed by atoms with Gasteiger partial charge in [-0.15, -0.1) is 0 Å². The summed E-state index contributed by atoms with van der Waals surface area (Å²) in [5.74, 6) is 0. The predicted octanol–water partition coefficient (Wildman–Crippen LogP) is 18.6. The molecule has 2 heterocycles. The van der Waals surface area contributed by atoms with Gasteiger partial charge in [-0.2, -0.15) is 0 Å². The molecule has 12 aromatic carbocycles. The summed E-state index contributed by atoms with van der Waals surface area (Å²) in [6, 6.07) is 92.3. The Hall–Kier alpha value is -9.18. The normalized spacial score (nSPS) is 11.8. The van der Waals surface area contributed by atoms with Crippen molar-refractivity contribution in [3.63, 3.8) is 0 Å². The Balaban J connectivity index is 0.990. The summed E-state index contributed by atoms with van der Waals surface area (Å²) < 4.78 is 9.26. The minimum absolute atomic E-state index is 0.866. The second-order valence-corrected chi connectivity index (χ2v) is 18.0. The highest BCUT2D eigenvalue weighted by molar-refractivity contribution is 6.29. The van der Waals surface area contributed by atoms with Gasteiger partial charge in [-0.05, 0) is 115 Å². The molecule has 0 bridgehead atoms. The third-order valence-corrected chi connectivity index (χ3v) is 14.2. The van der Waals surface area contributed by atoms with Crippen molar-refractivity contribution in [2.24, 2.45) is 0 Å². The fourth-order valence-corrected chi connectivity index (χ4v) is 11.1. The summed E-state index contributed by atoms with van der Waals surface area (Å²) in [4.78, 5) is 2.38. The van der Waals surface area contributed by atoms with Crippen LogP contribution in [0.5, 0.6) is 0 Å². The van der Waals surface area contributed by atoms with Crippen molar-refractivity contribution in [3.8, 4) is 39.1 Å². The van der Waals surface area contributed by atoms with E-state index in [1.165, 1.54) is 65.3 Å². The molecule has 0 amide bonds. The minimum atomic E-state index is 0.866. The molecule has 14 rings (SSSR count). The van der Waals surface area contributed by atoms with Crippen LogP contribution in [-0.4, -0.2) is 4.57 Å². The summed E-state index contributed by atoms with van der Waals surface area (Å²) in [6.07, 6.45) is 0. The van der Waals surface area contributed by atoms with Gasteiger partial charge in [-0.3, -0.25) is 0 Å². The molecule has 0 fully saturated rings. The molecule has 0 spiro atoms. The molecule has 0 unspecified atom stereocenters. The van der Waals surface area contributed by atoms with E-state index < -0.39 is 0 Å². The lowest BCUT2D eigenvalue weighted by molar-refractivity contribution is 0.669. The molecule has 0 aliphatic carbocycles. The highest BCUT2D eigenvalue weighted by Crippen LogP contribution is 2.48. The van der Waals surface area contributed by atoms with Crippen molar-refractivity contribution in [1.29, 1.82) is 0 Å². The van der Waals surface area contributed by atoms with E-state index in [0.717, 1.165) is 66.8 Å². The van der Waals surface area contributed by atoms with Crippen molar-refractivity contribution in [3.05, 3.63) is 255 Å². The average Bonchev–Trinajstić information content (AvgIpc) is 3.97. The van der Waals surface area contributed by atoms with Crippen LogP contribution >= 0.6 is 0 Å². The van der Waals surface area contributed by atoms with E-state index in [-0.39, 0.29) is 0 Å². The number of nitrogens with zero attached hydrogens (tertiary/aromatic N) is 2. The van der Waals surface area contributed by atoms with Crippen molar-refractivity contribution in [1.82, 2.24) is 4.57 Å². The van der Waals surface area contributed by atoms with Gasteiger partial charge in [0.15, 0.2) is 0 Å². The third-order valence-electron chi connectivity index (χ3n) is 14.2. The Morgan fingerprint density at radius 3 is 1.51 bits per heavy atom. The highest BCUT2D eigenvalue weighted by Gasteiger charge is 2.24. The molecule has 0 aliphatic rings. The Labute approximate surface area is 399 Å². The van der Waals surface area contributed by atoms with E-state index in [9.17, 15) is 0 Å². The maximum atomic E-state index is 6.84. The van der Waals surface area contributed by atoms with E-state index in [0.29, 0.717) is 0 Å². The number of hydrogen-bond donors (Lipinski definition) is 0. The van der Waals surface area contributed by atoms with Crippen LogP contribution in [-0.2, 0) is 0 Å². The van der Waals surface area contributed by atoms with E-state index >= 15 is 0 Å². The number of para-hydroxylation sites is 3. The van der Waals surface area contributed by atoms with Gasteiger partial charge in [0.2, 0.25) is 0 Å².